The summed E-state index contributed by atoms with van der Waals surface area (Å²) in [6, 6.07) is 4.33. The Labute approximate surface area is 155 Å². The van der Waals surface area contributed by atoms with Crippen molar-refractivity contribution in [3.63, 3.8) is 0 Å². The lowest BCUT2D eigenvalue weighted by Crippen LogP contribution is -2.60. The minimum atomic E-state index is -0.590. The van der Waals surface area contributed by atoms with Gasteiger partial charge in [0.2, 0.25) is 11.8 Å². The fourth-order valence-corrected chi connectivity index (χ4v) is 3.06. The van der Waals surface area contributed by atoms with Gasteiger partial charge in [-0.15, -0.1) is 0 Å². The van der Waals surface area contributed by atoms with Crippen LogP contribution in [-0.4, -0.2) is 67.9 Å². The van der Waals surface area contributed by atoms with Crippen LogP contribution in [0.25, 0.3) is 0 Å². The molecule has 3 amide bonds. The molecule has 3 rings (SSSR count). The largest absolute Gasteiger partial charge is 0.442 e. The lowest BCUT2D eigenvalue weighted by atomic mass is 10.1. The molecule has 2 heterocycles. The van der Waals surface area contributed by atoms with Gasteiger partial charge in [0.25, 0.3) is 0 Å². The number of halogens is 1. The number of anilines is 2. The number of hydrogen-bond acceptors (Lipinski definition) is 6. The monoisotopic (exact) mass is 380 g/mol. The number of carbonyl (C=O) groups is 3. The van der Waals surface area contributed by atoms with Gasteiger partial charge >= 0.3 is 6.09 Å². The van der Waals surface area contributed by atoms with E-state index in [1.165, 1.54) is 17.9 Å². The van der Waals surface area contributed by atoms with E-state index in [2.05, 4.69) is 10.6 Å². The fraction of sp³-hybridized carbons (Fsp3) is 0.471. The van der Waals surface area contributed by atoms with Gasteiger partial charge in [0, 0.05) is 20.0 Å². The van der Waals surface area contributed by atoms with Crippen molar-refractivity contribution in [2.75, 3.05) is 42.6 Å². The summed E-state index contributed by atoms with van der Waals surface area (Å²) in [5, 5.41) is 13.9. The van der Waals surface area contributed by atoms with E-state index in [9.17, 15) is 18.8 Å². The molecule has 9 nitrogen and oxygen atoms in total. The van der Waals surface area contributed by atoms with Gasteiger partial charge in [-0.3, -0.25) is 14.5 Å². The molecule has 146 valence electrons. The van der Waals surface area contributed by atoms with Crippen LogP contribution in [0.1, 0.15) is 6.92 Å². The zero-order valence-electron chi connectivity index (χ0n) is 14.8. The maximum absolute atomic E-state index is 14.5. The van der Waals surface area contributed by atoms with Crippen LogP contribution >= 0.6 is 0 Å². The lowest BCUT2D eigenvalue weighted by Gasteiger charge is -2.41. The molecule has 3 N–H and O–H groups in total. The van der Waals surface area contributed by atoms with Gasteiger partial charge in [0.1, 0.15) is 18.5 Å². The van der Waals surface area contributed by atoms with E-state index in [0.717, 1.165) is 0 Å². The van der Waals surface area contributed by atoms with Crippen molar-refractivity contribution in [2.45, 2.75) is 19.1 Å². The molecule has 0 aromatic heterocycles. The van der Waals surface area contributed by atoms with Gasteiger partial charge in [-0.05, 0) is 18.2 Å². The first kappa shape index (κ1) is 18.9. The molecule has 1 atom stereocenters. The number of aliphatic hydroxyl groups is 1. The van der Waals surface area contributed by atoms with E-state index >= 15 is 0 Å². The van der Waals surface area contributed by atoms with Gasteiger partial charge in [0.15, 0.2) is 0 Å². The smallest absolute Gasteiger partial charge is 0.414 e. The molecule has 0 aliphatic carbocycles. The Morgan fingerprint density at radius 3 is 2.70 bits per heavy atom. The Morgan fingerprint density at radius 1 is 1.33 bits per heavy atom. The molecular weight excluding hydrogens is 359 g/mol. The van der Waals surface area contributed by atoms with Crippen molar-refractivity contribution >= 4 is 29.3 Å². The van der Waals surface area contributed by atoms with Crippen LogP contribution in [0.15, 0.2) is 18.2 Å². The number of nitrogens with one attached hydrogen (secondary N) is 2. The zero-order chi connectivity index (χ0) is 19.6. The molecule has 2 aliphatic heterocycles. The van der Waals surface area contributed by atoms with E-state index in [-0.39, 0.29) is 25.0 Å². The highest BCUT2D eigenvalue weighted by Crippen LogP contribution is 2.30. The molecular formula is C17H21FN4O5. The van der Waals surface area contributed by atoms with Gasteiger partial charge < -0.3 is 25.4 Å². The molecule has 0 radical (unpaired) electrons. The summed E-state index contributed by atoms with van der Waals surface area (Å²) >= 11 is 0. The molecule has 0 saturated carbocycles. The summed E-state index contributed by atoms with van der Waals surface area (Å²) in [6.45, 7) is 2.09. The highest BCUT2D eigenvalue weighted by molar-refractivity contribution is 5.90. The van der Waals surface area contributed by atoms with E-state index in [1.807, 2.05) is 0 Å². The number of benzene rings is 1. The molecule has 1 aromatic carbocycles. The predicted molar refractivity (Wildman–Crippen MR) is 93.9 cm³/mol. The van der Waals surface area contributed by atoms with E-state index in [0.29, 0.717) is 24.5 Å². The van der Waals surface area contributed by atoms with Crippen LogP contribution in [0.2, 0.25) is 0 Å². The number of nitrogens with zero attached hydrogens (tertiary/aromatic N) is 2. The maximum atomic E-state index is 14.5. The van der Waals surface area contributed by atoms with Gasteiger partial charge in [-0.2, -0.15) is 0 Å². The number of hydrogen-bond donors (Lipinski definition) is 3. The van der Waals surface area contributed by atoms with Crippen LogP contribution in [0.5, 0.6) is 0 Å². The Bertz CT molecular complexity index is 753. The van der Waals surface area contributed by atoms with Crippen LogP contribution < -0.4 is 20.4 Å². The highest BCUT2D eigenvalue weighted by atomic mass is 19.1. The molecule has 0 spiro atoms. The van der Waals surface area contributed by atoms with Crippen LogP contribution in [0.3, 0.4) is 0 Å². The number of cyclic esters (lactones) is 1. The third kappa shape index (κ3) is 4.27. The van der Waals surface area contributed by atoms with Gasteiger partial charge in [0.05, 0.1) is 30.5 Å². The SMILES string of the molecule is CC(=O)NC[C@H]1CN(c2ccc(N3CC(NC(=O)CO)C3)c(F)c2)C(=O)O1. The molecule has 27 heavy (non-hydrogen) atoms. The number of rotatable bonds is 6. The van der Waals surface area contributed by atoms with Gasteiger partial charge in [-0.25, -0.2) is 9.18 Å². The maximum Gasteiger partial charge on any atom is 0.414 e. The molecule has 1 aromatic rings. The van der Waals surface area contributed by atoms with Crippen LogP contribution in [0, 0.1) is 5.82 Å². The third-order valence-electron chi connectivity index (χ3n) is 4.43. The lowest BCUT2D eigenvalue weighted by molar-refractivity contribution is -0.124. The standard InChI is InChI=1S/C17H21FN4O5/c1-10(24)19-5-13-8-22(17(26)27-13)12-2-3-15(14(18)4-12)21-6-11(7-21)20-16(25)9-23/h2-4,11,13,23H,5-9H2,1H3,(H,19,24)(H,20,25)/t13-/m0/s1. The van der Waals surface area contributed by atoms with Crippen LogP contribution in [-0.2, 0) is 14.3 Å². The molecule has 0 bridgehead atoms. The fourth-order valence-electron chi connectivity index (χ4n) is 3.06. The zero-order valence-corrected chi connectivity index (χ0v) is 14.8. The Morgan fingerprint density at radius 2 is 2.07 bits per heavy atom. The van der Waals surface area contributed by atoms with Crippen molar-refractivity contribution in [1.82, 2.24) is 10.6 Å². The predicted octanol–water partition coefficient (Wildman–Crippen LogP) is -0.416. The van der Waals surface area contributed by atoms with Crippen molar-refractivity contribution in [3.8, 4) is 0 Å². The number of aliphatic hydroxyl groups excluding tert-OH is 1. The van der Waals surface area contributed by atoms with Crippen molar-refractivity contribution in [2.24, 2.45) is 0 Å². The molecule has 2 fully saturated rings. The Hall–Kier alpha value is -2.88. The topological polar surface area (TPSA) is 111 Å². The first-order chi connectivity index (χ1) is 12.9. The number of ether oxygens (including phenoxy) is 1. The average molecular weight is 380 g/mol. The minimum absolute atomic E-state index is 0.133. The van der Waals surface area contributed by atoms with E-state index < -0.39 is 30.5 Å². The minimum Gasteiger partial charge on any atom is -0.442 e. The van der Waals surface area contributed by atoms with Crippen molar-refractivity contribution in [3.05, 3.63) is 24.0 Å². The Kier molecular flexibility index (Phi) is 5.45. The molecule has 0 unspecified atom stereocenters. The first-order valence-corrected chi connectivity index (χ1v) is 8.54. The quantitative estimate of drug-likeness (QED) is 0.618. The summed E-state index contributed by atoms with van der Waals surface area (Å²) in [7, 11) is 0. The summed E-state index contributed by atoms with van der Waals surface area (Å²) < 4.78 is 19.7. The van der Waals surface area contributed by atoms with Crippen molar-refractivity contribution in [1.29, 1.82) is 0 Å². The second kappa shape index (κ2) is 7.78. The summed E-state index contributed by atoms with van der Waals surface area (Å²) in [5.74, 6) is -1.17. The average Bonchev–Trinajstić information content (AvgIpc) is 2.97. The Balaban J connectivity index is 1.60. The van der Waals surface area contributed by atoms with Crippen molar-refractivity contribution < 1.29 is 28.6 Å². The molecule has 2 saturated heterocycles. The molecule has 2 aliphatic rings. The third-order valence-corrected chi connectivity index (χ3v) is 4.43. The van der Waals surface area contributed by atoms with Gasteiger partial charge in [-0.1, -0.05) is 0 Å². The first-order valence-electron chi connectivity index (χ1n) is 8.54. The normalized spacial score (nSPS) is 19.5. The van der Waals surface area contributed by atoms with E-state index in [4.69, 9.17) is 9.84 Å². The second-order valence-electron chi connectivity index (χ2n) is 6.52. The summed E-state index contributed by atoms with van der Waals surface area (Å²) in [6.07, 6.45) is -1.08. The van der Waals surface area contributed by atoms with E-state index in [1.54, 1.807) is 17.0 Å². The second-order valence-corrected chi connectivity index (χ2v) is 6.52. The summed E-state index contributed by atoms with van der Waals surface area (Å²) in [4.78, 5) is 37.2. The van der Waals surface area contributed by atoms with Crippen LogP contribution in [0.4, 0.5) is 20.6 Å². The summed E-state index contributed by atoms with van der Waals surface area (Å²) in [5.41, 5.74) is 0.743. The molecule has 10 heteroatoms. The number of carbonyl (C=O) groups excluding carboxylic acids is 3. The number of amides is 3. The highest BCUT2D eigenvalue weighted by Gasteiger charge is 2.34.